The summed E-state index contributed by atoms with van der Waals surface area (Å²) in [5.41, 5.74) is 5.46. The van der Waals surface area contributed by atoms with Crippen LogP contribution in [0.25, 0.3) is 17.3 Å². The van der Waals surface area contributed by atoms with Crippen LogP contribution in [-0.4, -0.2) is 35.4 Å². The molecule has 3 aromatic heterocycles. The predicted octanol–water partition coefficient (Wildman–Crippen LogP) is 2.60. The van der Waals surface area contributed by atoms with Gasteiger partial charge in [-0.2, -0.15) is 0 Å². The van der Waals surface area contributed by atoms with E-state index in [4.69, 9.17) is 10.2 Å². The van der Waals surface area contributed by atoms with Gasteiger partial charge >= 0.3 is 5.69 Å². The number of carbonyl (C=O) groups excluding carboxylic acids is 1. The van der Waals surface area contributed by atoms with Crippen LogP contribution >= 0.6 is 11.8 Å². The maximum absolute atomic E-state index is 13.1. The molecule has 0 atom stereocenters. The van der Waals surface area contributed by atoms with Crippen molar-refractivity contribution in [3.8, 4) is 17.3 Å². The molecule has 4 aromatic rings. The van der Waals surface area contributed by atoms with Gasteiger partial charge in [-0.1, -0.05) is 43.8 Å². The average molecular weight is 481 g/mol. The molecule has 0 fully saturated rings. The average Bonchev–Trinajstić information content (AvgIpc) is 3.49. The highest BCUT2D eigenvalue weighted by Crippen LogP contribution is 2.28. The number of benzene rings is 1. The van der Waals surface area contributed by atoms with Gasteiger partial charge < -0.3 is 10.2 Å². The Balaban J connectivity index is 1.69. The third-order valence-corrected chi connectivity index (χ3v) is 6.06. The highest BCUT2D eigenvalue weighted by molar-refractivity contribution is 7.99. The molecule has 0 aliphatic heterocycles. The van der Waals surface area contributed by atoms with E-state index in [1.807, 2.05) is 44.2 Å². The smallest absolute Gasteiger partial charge is 0.332 e. The van der Waals surface area contributed by atoms with Gasteiger partial charge in [-0.05, 0) is 30.2 Å². The van der Waals surface area contributed by atoms with Crippen LogP contribution in [0.4, 0.5) is 5.82 Å². The van der Waals surface area contributed by atoms with E-state index in [-0.39, 0.29) is 23.1 Å². The fourth-order valence-electron chi connectivity index (χ4n) is 3.53. The Morgan fingerprint density at radius 2 is 1.85 bits per heavy atom. The zero-order valence-corrected chi connectivity index (χ0v) is 19.8. The summed E-state index contributed by atoms with van der Waals surface area (Å²) < 4.78 is 9.46. The molecule has 34 heavy (non-hydrogen) atoms. The number of thioether (sulfide) groups is 1. The van der Waals surface area contributed by atoms with Crippen LogP contribution < -0.4 is 17.0 Å². The van der Waals surface area contributed by atoms with Gasteiger partial charge in [0.1, 0.15) is 11.4 Å². The Hall–Kier alpha value is -3.86. The topological polar surface area (TPSA) is 131 Å². The van der Waals surface area contributed by atoms with Crippen molar-refractivity contribution in [3.05, 3.63) is 75.1 Å². The predicted molar refractivity (Wildman–Crippen MR) is 129 cm³/mol. The maximum atomic E-state index is 13.1. The van der Waals surface area contributed by atoms with Gasteiger partial charge in [0.25, 0.3) is 5.56 Å². The van der Waals surface area contributed by atoms with E-state index in [2.05, 4.69) is 10.2 Å². The Labute approximate surface area is 199 Å². The zero-order chi connectivity index (χ0) is 24.4. The standard InChI is InChI=1S/C23H24N6O4S/c1-14(2)12-28-19(24)18(21(31)27(3)23(28)32)16(30)13-34-22-26-25-20(17-10-7-11-33-17)29(22)15-8-5-4-6-9-15/h4-11,14H,12-13,24H2,1-3H3. The molecule has 0 radical (unpaired) electrons. The van der Waals surface area contributed by atoms with Crippen LogP contribution in [0.5, 0.6) is 0 Å². The SMILES string of the molecule is CC(C)Cn1c(N)c(C(=O)CSc2nnc(-c3ccco3)n2-c2ccccc2)c(=O)n(C)c1=O. The first kappa shape index (κ1) is 23.3. The van der Waals surface area contributed by atoms with Crippen molar-refractivity contribution in [2.45, 2.75) is 25.5 Å². The molecule has 0 saturated heterocycles. The van der Waals surface area contributed by atoms with Gasteiger partial charge in [-0.25, -0.2) is 4.79 Å². The highest BCUT2D eigenvalue weighted by Gasteiger charge is 2.24. The minimum atomic E-state index is -0.714. The fourth-order valence-corrected chi connectivity index (χ4v) is 4.35. The van der Waals surface area contributed by atoms with Crippen LogP contribution in [0.2, 0.25) is 0 Å². The summed E-state index contributed by atoms with van der Waals surface area (Å²) in [5, 5.41) is 8.93. The van der Waals surface area contributed by atoms with E-state index in [0.29, 0.717) is 23.3 Å². The normalized spacial score (nSPS) is 11.3. The summed E-state index contributed by atoms with van der Waals surface area (Å²) in [4.78, 5) is 38.4. The lowest BCUT2D eigenvalue weighted by Gasteiger charge is -2.16. The van der Waals surface area contributed by atoms with Gasteiger partial charge in [0.2, 0.25) is 5.82 Å². The molecule has 0 aliphatic rings. The lowest BCUT2D eigenvalue weighted by atomic mass is 10.2. The first-order valence-corrected chi connectivity index (χ1v) is 11.6. The monoisotopic (exact) mass is 480 g/mol. The Bertz CT molecular complexity index is 1430. The van der Waals surface area contributed by atoms with Crippen molar-refractivity contribution >= 4 is 23.4 Å². The number of nitrogens with two attached hydrogens (primary N) is 1. The van der Waals surface area contributed by atoms with Crippen LogP contribution in [0.1, 0.15) is 24.2 Å². The minimum Gasteiger partial charge on any atom is -0.461 e. The second-order valence-electron chi connectivity index (χ2n) is 8.08. The summed E-state index contributed by atoms with van der Waals surface area (Å²) in [6, 6.07) is 12.9. The van der Waals surface area contributed by atoms with Crippen LogP contribution in [0.15, 0.2) is 67.9 Å². The third-order valence-electron chi connectivity index (χ3n) is 5.13. The molecule has 4 rings (SSSR count). The number of Topliss-reactive ketones (excluding diaryl/α,β-unsaturated/α-hetero) is 1. The first-order chi connectivity index (χ1) is 16.3. The molecule has 0 spiro atoms. The van der Waals surface area contributed by atoms with Gasteiger partial charge in [0.15, 0.2) is 16.7 Å². The quantitative estimate of drug-likeness (QED) is 0.301. The number of hydrogen-bond acceptors (Lipinski definition) is 8. The largest absolute Gasteiger partial charge is 0.461 e. The molecule has 1 aromatic carbocycles. The molecular formula is C23H24N6O4S. The number of nitrogens with zero attached hydrogens (tertiary/aromatic N) is 5. The number of rotatable bonds is 8. The lowest BCUT2D eigenvalue weighted by molar-refractivity contribution is 0.102. The van der Waals surface area contributed by atoms with Crippen LogP contribution in [0, 0.1) is 5.92 Å². The zero-order valence-electron chi connectivity index (χ0n) is 19.0. The fraction of sp³-hybridized carbons (Fsp3) is 0.261. The van der Waals surface area contributed by atoms with E-state index >= 15 is 0 Å². The Kier molecular flexibility index (Phi) is 6.55. The summed E-state index contributed by atoms with van der Waals surface area (Å²) in [6.07, 6.45) is 1.54. The van der Waals surface area contributed by atoms with Crippen molar-refractivity contribution in [3.63, 3.8) is 0 Å². The van der Waals surface area contributed by atoms with Crippen molar-refractivity contribution < 1.29 is 9.21 Å². The van der Waals surface area contributed by atoms with Gasteiger partial charge in [-0.15, -0.1) is 10.2 Å². The molecule has 2 N–H and O–H groups in total. The second kappa shape index (κ2) is 9.56. The highest BCUT2D eigenvalue weighted by atomic mass is 32.2. The van der Waals surface area contributed by atoms with Crippen LogP contribution in [-0.2, 0) is 13.6 Å². The van der Waals surface area contributed by atoms with E-state index in [1.54, 1.807) is 23.0 Å². The van der Waals surface area contributed by atoms with Crippen molar-refractivity contribution in [2.24, 2.45) is 13.0 Å². The molecule has 3 heterocycles. The molecule has 10 nitrogen and oxygen atoms in total. The Morgan fingerprint density at radius 3 is 2.50 bits per heavy atom. The van der Waals surface area contributed by atoms with Crippen molar-refractivity contribution in [1.82, 2.24) is 23.9 Å². The van der Waals surface area contributed by atoms with E-state index in [0.717, 1.165) is 22.0 Å². The molecule has 0 bridgehead atoms. The molecule has 11 heteroatoms. The molecular weight excluding hydrogens is 456 g/mol. The van der Waals surface area contributed by atoms with Crippen molar-refractivity contribution in [1.29, 1.82) is 0 Å². The van der Waals surface area contributed by atoms with E-state index in [1.165, 1.54) is 11.6 Å². The number of ketones is 1. The minimum absolute atomic E-state index is 0.0966. The maximum Gasteiger partial charge on any atom is 0.332 e. The number of para-hydroxylation sites is 1. The van der Waals surface area contributed by atoms with Gasteiger partial charge in [-0.3, -0.25) is 23.3 Å². The van der Waals surface area contributed by atoms with Gasteiger partial charge in [0, 0.05) is 19.3 Å². The van der Waals surface area contributed by atoms with Crippen molar-refractivity contribution in [2.75, 3.05) is 11.5 Å². The molecule has 0 aliphatic carbocycles. The summed E-state index contributed by atoms with van der Waals surface area (Å²) >= 11 is 1.12. The van der Waals surface area contributed by atoms with Gasteiger partial charge in [0.05, 0.1) is 12.0 Å². The number of aromatic nitrogens is 5. The number of nitrogen functional groups attached to an aromatic ring is 1. The van der Waals surface area contributed by atoms with Crippen LogP contribution in [0.3, 0.4) is 0 Å². The number of carbonyl (C=O) groups is 1. The molecule has 0 unspecified atom stereocenters. The molecule has 0 saturated carbocycles. The second-order valence-corrected chi connectivity index (χ2v) is 9.02. The van der Waals surface area contributed by atoms with E-state index < -0.39 is 17.0 Å². The molecule has 176 valence electrons. The summed E-state index contributed by atoms with van der Waals surface area (Å²) in [6.45, 7) is 4.13. The third kappa shape index (κ3) is 4.34. The number of anilines is 1. The number of furan rings is 1. The van der Waals surface area contributed by atoms with E-state index in [9.17, 15) is 14.4 Å². The number of hydrogen-bond donors (Lipinski definition) is 1. The first-order valence-electron chi connectivity index (χ1n) is 10.6. The summed E-state index contributed by atoms with van der Waals surface area (Å²) in [7, 11) is 1.34. The molecule has 0 amide bonds. The summed E-state index contributed by atoms with van der Waals surface area (Å²) in [5.74, 6) is 0.360. The lowest BCUT2D eigenvalue weighted by Crippen LogP contribution is -2.43. The Morgan fingerprint density at radius 1 is 1.12 bits per heavy atom.